The van der Waals surface area contributed by atoms with E-state index in [0.717, 1.165) is 10.8 Å². The van der Waals surface area contributed by atoms with Crippen LogP contribution in [-0.2, 0) is 0 Å². The quantitative estimate of drug-likeness (QED) is 0.779. The molecule has 2 aromatic carbocycles. The number of thiocarbonyl (C=S) groups is 1. The van der Waals surface area contributed by atoms with Crippen molar-refractivity contribution in [3.63, 3.8) is 0 Å². The van der Waals surface area contributed by atoms with Crippen LogP contribution in [0.2, 0.25) is 0 Å². The van der Waals surface area contributed by atoms with Crippen molar-refractivity contribution in [1.29, 1.82) is 0 Å². The first-order valence-corrected chi connectivity index (χ1v) is 8.75. The van der Waals surface area contributed by atoms with Gasteiger partial charge in [-0.2, -0.15) is 0 Å². The smallest absolute Gasteiger partial charge is 0.170 e. The van der Waals surface area contributed by atoms with Crippen LogP contribution in [0.5, 0.6) is 0 Å². The lowest BCUT2D eigenvalue weighted by Gasteiger charge is -2.11. The Kier molecular flexibility index (Phi) is 4.69. The third-order valence-electron chi connectivity index (χ3n) is 3.60. The molecular formula is C18H20N2S2. The van der Waals surface area contributed by atoms with E-state index in [1.165, 1.54) is 33.8 Å². The fourth-order valence-corrected chi connectivity index (χ4v) is 3.42. The van der Waals surface area contributed by atoms with Crippen molar-refractivity contribution in [3.8, 4) is 0 Å². The maximum Gasteiger partial charge on any atom is 0.170 e. The standard InChI is InChI=1S/C18H20N2S2/c1-12-3-4-13(2)17(11-12)22-16-9-7-15(8-10-16)20-18(21)19-14-5-6-14/h3-4,7-11,14H,5-6H2,1-2H3,(H2,19,20,21). The highest BCUT2D eigenvalue weighted by Crippen LogP contribution is 2.31. The predicted octanol–water partition coefficient (Wildman–Crippen LogP) is 4.90. The molecule has 3 rings (SSSR count). The third-order valence-corrected chi connectivity index (χ3v) is 4.98. The lowest BCUT2D eigenvalue weighted by molar-refractivity contribution is 0.919. The molecule has 0 heterocycles. The Morgan fingerprint density at radius 3 is 2.50 bits per heavy atom. The van der Waals surface area contributed by atoms with Gasteiger partial charge in [-0.25, -0.2) is 0 Å². The van der Waals surface area contributed by atoms with Gasteiger partial charge >= 0.3 is 0 Å². The monoisotopic (exact) mass is 328 g/mol. The summed E-state index contributed by atoms with van der Waals surface area (Å²) in [4.78, 5) is 2.55. The Morgan fingerprint density at radius 2 is 1.82 bits per heavy atom. The van der Waals surface area contributed by atoms with Crippen LogP contribution in [0, 0.1) is 13.8 Å². The molecule has 2 aromatic rings. The van der Waals surface area contributed by atoms with E-state index in [1.54, 1.807) is 11.8 Å². The minimum atomic E-state index is 0.583. The Hall–Kier alpha value is -1.52. The molecular weight excluding hydrogens is 308 g/mol. The minimum absolute atomic E-state index is 0.583. The SMILES string of the molecule is Cc1ccc(C)c(Sc2ccc(NC(=S)NC3CC3)cc2)c1. The topological polar surface area (TPSA) is 24.1 Å². The van der Waals surface area contributed by atoms with Gasteiger partial charge in [0.05, 0.1) is 0 Å². The highest BCUT2D eigenvalue weighted by atomic mass is 32.2. The van der Waals surface area contributed by atoms with Crippen molar-refractivity contribution in [2.75, 3.05) is 5.32 Å². The van der Waals surface area contributed by atoms with Crippen LogP contribution in [-0.4, -0.2) is 11.2 Å². The van der Waals surface area contributed by atoms with Crippen molar-refractivity contribution in [2.45, 2.75) is 42.5 Å². The van der Waals surface area contributed by atoms with Crippen LogP contribution in [0.25, 0.3) is 0 Å². The third kappa shape index (κ3) is 4.24. The zero-order chi connectivity index (χ0) is 15.5. The van der Waals surface area contributed by atoms with Crippen molar-refractivity contribution < 1.29 is 0 Å². The van der Waals surface area contributed by atoms with Crippen LogP contribution in [0.3, 0.4) is 0 Å². The van der Waals surface area contributed by atoms with E-state index in [0.29, 0.717) is 6.04 Å². The molecule has 4 heteroatoms. The number of aryl methyl sites for hydroxylation is 2. The first-order valence-electron chi connectivity index (χ1n) is 7.53. The van der Waals surface area contributed by atoms with Gasteiger partial charge in [-0.05, 0) is 80.4 Å². The summed E-state index contributed by atoms with van der Waals surface area (Å²) in [5.74, 6) is 0. The average molecular weight is 329 g/mol. The fraction of sp³-hybridized carbons (Fsp3) is 0.278. The number of anilines is 1. The first kappa shape index (κ1) is 15.4. The van der Waals surface area contributed by atoms with Crippen LogP contribution >= 0.6 is 24.0 Å². The van der Waals surface area contributed by atoms with Gasteiger partial charge in [-0.1, -0.05) is 23.9 Å². The molecule has 2 nitrogen and oxygen atoms in total. The number of benzene rings is 2. The maximum atomic E-state index is 5.29. The summed E-state index contributed by atoms with van der Waals surface area (Å²) in [7, 11) is 0. The summed E-state index contributed by atoms with van der Waals surface area (Å²) < 4.78 is 0. The second-order valence-corrected chi connectivity index (χ2v) is 7.29. The first-order chi connectivity index (χ1) is 10.6. The van der Waals surface area contributed by atoms with E-state index in [1.807, 2.05) is 0 Å². The van der Waals surface area contributed by atoms with E-state index in [9.17, 15) is 0 Å². The van der Waals surface area contributed by atoms with E-state index < -0.39 is 0 Å². The number of hydrogen-bond acceptors (Lipinski definition) is 2. The maximum absolute atomic E-state index is 5.29. The van der Waals surface area contributed by atoms with Crippen LogP contribution in [0.4, 0.5) is 5.69 Å². The van der Waals surface area contributed by atoms with Gasteiger partial charge < -0.3 is 10.6 Å². The molecule has 0 amide bonds. The van der Waals surface area contributed by atoms with Crippen LogP contribution < -0.4 is 10.6 Å². The predicted molar refractivity (Wildman–Crippen MR) is 98.9 cm³/mol. The summed E-state index contributed by atoms with van der Waals surface area (Å²) in [6.07, 6.45) is 2.46. The molecule has 0 aliphatic heterocycles. The number of rotatable bonds is 4. The average Bonchev–Trinajstić information content (AvgIpc) is 3.29. The van der Waals surface area contributed by atoms with Gasteiger partial charge in [0.2, 0.25) is 0 Å². The molecule has 1 saturated carbocycles. The molecule has 1 aliphatic rings. The second kappa shape index (κ2) is 6.71. The van der Waals surface area contributed by atoms with E-state index in [4.69, 9.17) is 12.2 Å². The molecule has 114 valence electrons. The molecule has 0 spiro atoms. The normalized spacial score (nSPS) is 13.7. The molecule has 1 aliphatic carbocycles. The number of nitrogens with one attached hydrogen (secondary N) is 2. The largest absolute Gasteiger partial charge is 0.360 e. The second-order valence-electron chi connectivity index (χ2n) is 5.77. The Balaban J connectivity index is 1.63. The van der Waals surface area contributed by atoms with Gasteiger partial charge in [-0.15, -0.1) is 0 Å². The van der Waals surface area contributed by atoms with Gasteiger partial charge in [0.1, 0.15) is 0 Å². The van der Waals surface area contributed by atoms with Crippen molar-refractivity contribution in [3.05, 3.63) is 53.6 Å². The summed E-state index contributed by atoms with van der Waals surface area (Å²) in [5, 5.41) is 7.24. The molecule has 0 unspecified atom stereocenters. The molecule has 0 aromatic heterocycles. The summed E-state index contributed by atoms with van der Waals surface area (Å²) in [6, 6.07) is 15.6. The van der Waals surface area contributed by atoms with Crippen molar-refractivity contribution in [1.82, 2.24) is 5.32 Å². The lowest BCUT2D eigenvalue weighted by atomic mass is 10.2. The van der Waals surface area contributed by atoms with Gasteiger partial charge in [0.25, 0.3) is 0 Å². The van der Waals surface area contributed by atoms with E-state index in [-0.39, 0.29) is 0 Å². The molecule has 0 bridgehead atoms. The Bertz CT molecular complexity index is 676. The number of hydrogen-bond donors (Lipinski definition) is 2. The minimum Gasteiger partial charge on any atom is -0.360 e. The molecule has 0 radical (unpaired) electrons. The summed E-state index contributed by atoms with van der Waals surface area (Å²) >= 11 is 7.09. The van der Waals surface area contributed by atoms with E-state index in [2.05, 4.69) is 66.9 Å². The zero-order valence-corrected chi connectivity index (χ0v) is 14.5. The molecule has 2 N–H and O–H groups in total. The lowest BCUT2D eigenvalue weighted by Crippen LogP contribution is -2.30. The zero-order valence-electron chi connectivity index (χ0n) is 12.8. The summed E-state index contributed by atoms with van der Waals surface area (Å²) in [6.45, 7) is 4.28. The Labute approximate surface area is 141 Å². The van der Waals surface area contributed by atoms with Crippen molar-refractivity contribution in [2.24, 2.45) is 0 Å². The summed E-state index contributed by atoms with van der Waals surface area (Å²) in [5.41, 5.74) is 3.64. The van der Waals surface area contributed by atoms with E-state index >= 15 is 0 Å². The highest BCUT2D eigenvalue weighted by molar-refractivity contribution is 7.99. The highest BCUT2D eigenvalue weighted by Gasteiger charge is 2.21. The molecule has 22 heavy (non-hydrogen) atoms. The molecule has 0 saturated heterocycles. The fourth-order valence-electron chi connectivity index (χ4n) is 2.13. The van der Waals surface area contributed by atoms with Gasteiger partial charge in [0.15, 0.2) is 5.11 Å². The van der Waals surface area contributed by atoms with Crippen molar-refractivity contribution >= 4 is 34.8 Å². The Morgan fingerprint density at radius 1 is 1.09 bits per heavy atom. The van der Waals surface area contributed by atoms with Gasteiger partial charge in [-0.3, -0.25) is 0 Å². The van der Waals surface area contributed by atoms with Gasteiger partial charge in [0, 0.05) is 21.5 Å². The molecule has 0 atom stereocenters. The van der Waals surface area contributed by atoms with Crippen LogP contribution in [0.1, 0.15) is 24.0 Å². The van der Waals surface area contributed by atoms with Crippen LogP contribution in [0.15, 0.2) is 52.3 Å². The molecule has 1 fully saturated rings.